The van der Waals surface area contributed by atoms with Crippen molar-refractivity contribution in [3.05, 3.63) is 48.0 Å². The third-order valence-electron chi connectivity index (χ3n) is 3.86. The monoisotopic (exact) mass is 342 g/mol. The van der Waals surface area contributed by atoms with Gasteiger partial charge in [-0.2, -0.15) is 0 Å². The number of nitrogens with zero attached hydrogens (tertiary/aromatic N) is 1. The van der Waals surface area contributed by atoms with E-state index in [0.29, 0.717) is 5.75 Å². The van der Waals surface area contributed by atoms with E-state index < -0.39 is 0 Å². The highest BCUT2D eigenvalue weighted by molar-refractivity contribution is 7.99. The summed E-state index contributed by atoms with van der Waals surface area (Å²) in [5, 5.41) is 3.90. The van der Waals surface area contributed by atoms with E-state index in [1.165, 1.54) is 11.8 Å². The second-order valence-electron chi connectivity index (χ2n) is 5.52. The minimum Gasteiger partial charge on any atom is -0.497 e. The quantitative estimate of drug-likeness (QED) is 0.553. The molecule has 0 radical (unpaired) electrons. The zero-order chi connectivity index (χ0) is 17.1. The van der Waals surface area contributed by atoms with Crippen LogP contribution in [0, 0.1) is 6.92 Å². The molecule has 0 fully saturated rings. The molecule has 2 N–H and O–H groups in total. The number of thioether (sulfide) groups is 1. The maximum absolute atomic E-state index is 12.2. The average Bonchev–Trinajstić information content (AvgIpc) is 2.91. The van der Waals surface area contributed by atoms with Crippen LogP contribution in [0.25, 0.3) is 11.0 Å². The van der Waals surface area contributed by atoms with E-state index in [-0.39, 0.29) is 5.91 Å². The van der Waals surface area contributed by atoms with Crippen LogP contribution in [0.3, 0.4) is 0 Å². The van der Waals surface area contributed by atoms with E-state index in [9.17, 15) is 4.79 Å². The molecule has 0 unspecified atom stereocenters. The lowest BCUT2D eigenvalue weighted by atomic mass is 10.2. The number of imidazole rings is 1. The Kier molecular flexibility index (Phi) is 4.76. The molecular weight excluding hydrogens is 322 g/mol. The number of amides is 1. The lowest BCUT2D eigenvalue weighted by Gasteiger charge is -2.09. The Morgan fingerprint density at radius 1 is 1.29 bits per heavy atom. The molecule has 3 rings (SSSR count). The second-order valence-corrected chi connectivity index (χ2v) is 6.49. The van der Waals surface area contributed by atoms with Crippen LogP contribution in [-0.4, -0.2) is 23.8 Å². The molecule has 0 aliphatic carbocycles. The number of aryl methyl sites for hydroxylation is 2. The number of aromatic amines is 1. The van der Waals surface area contributed by atoms with Crippen LogP contribution >= 0.6 is 11.8 Å². The lowest BCUT2D eigenvalue weighted by Crippen LogP contribution is -2.29. The molecule has 1 heterocycles. The first kappa shape index (κ1) is 16.4. The van der Waals surface area contributed by atoms with Gasteiger partial charge < -0.3 is 10.1 Å². The van der Waals surface area contributed by atoms with Gasteiger partial charge in [0.25, 0.3) is 0 Å². The van der Waals surface area contributed by atoms with Gasteiger partial charge in [0.2, 0.25) is 5.91 Å². The fraction of sp³-hybridized carbons (Fsp3) is 0.222. The second kappa shape index (κ2) is 6.97. The van der Waals surface area contributed by atoms with Gasteiger partial charge >= 0.3 is 5.16 Å². The van der Waals surface area contributed by atoms with E-state index in [4.69, 9.17) is 4.74 Å². The predicted octanol–water partition coefficient (Wildman–Crippen LogP) is 3.04. The highest BCUT2D eigenvalue weighted by Gasteiger charge is 2.17. The van der Waals surface area contributed by atoms with Crippen molar-refractivity contribution in [1.29, 1.82) is 0 Å². The topological polar surface area (TPSA) is 58.0 Å². The van der Waals surface area contributed by atoms with Gasteiger partial charge in [0.15, 0.2) is 11.0 Å². The number of nitrogens with one attached hydrogen (secondary N) is 2. The van der Waals surface area contributed by atoms with Gasteiger partial charge in [-0.1, -0.05) is 12.1 Å². The van der Waals surface area contributed by atoms with Crippen molar-refractivity contribution in [2.45, 2.75) is 12.1 Å². The number of hydrogen-bond donors (Lipinski definition) is 2. The Balaban J connectivity index is 1.66. The molecule has 5 nitrogen and oxygen atoms in total. The molecule has 0 saturated carbocycles. The first-order valence-corrected chi connectivity index (χ1v) is 8.61. The molecule has 0 aliphatic rings. The third kappa shape index (κ3) is 3.38. The first-order chi connectivity index (χ1) is 11.6. The zero-order valence-corrected chi connectivity index (χ0v) is 14.7. The molecule has 1 aromatic heterocycles. The number of hydrogen-bond acceptors (Lipinski definition) is 3. The highest BCUT2D eigenvalue weighted by Crippen LogP contribution is 2.22. The zero-order valence-electron chi connectivity index (χ0n) is 13.9. The van der Waals surface area contributed by atoms with Crippen LogP contribution in [0.1, 0.15) is 5.56 Å². The van der Waals surface area contributed by atoms with Crippen molar-refractivity contribution < 1.29 is 14.1 Å². The van der Waals surface area contributed by atoms with Crippen LogP contribution in [-0.2, 0) is 11.8 Å². The predicted molar refractivity (Wildman–Crippen MR) is 96.6 cm³/mol. The number of benzene rings is 2. The summed E-state index contributed by atoms with van der Waals surface area (Å²) in [6.07, 6.45) is 0. The molecule has 0 aliphatic heterocycles. The Labute approximate surface area is 145 Å². The fourth-order valence-electron chi connectivity index (χ4n) is 2.54. The first-order valence-electron chi connectivity index (χ1n) is 7.62. The number of ether oxygens (including phenoxy) is 1. The van der Waals surface area contributed by atoms with Crippen LogP contribution in [0.15, 0.2) is 47.6 Å². The van der Waals surface area contributed by atoms with Gasteiger partial charge in [-0.05, 0) is 54.6 Å². The van der Waals surface area contributed by atoms with Gasteiger partial charge in [0.1, 0.15) is 5.75 Å². The number of para-hydroxylation sites is 2. The van der Waals surface area contributed by atoms with Crippen LogP contribution in [0.5, 0.6) is 5.75 Å². The molecule has 0 saturated heterocycles. The third-order valence-corrected chi connectivity index (χ3v) is 4.92. The Morgan fingerprint density at radius 3 is 2.79 bits per heavy atom. The molecule has 24 heavy (non-hydrogen) atoms. The van der Waals surface area contributed by atoms with Gasteiger partial charge in [-0.15, -0.1) is 0 Å². The Bertz CT molecular complexity index is 889. The molecular formula is C18H20N3O2S+. The summed E-state index contributed by atoms with van der Waals surface area (Å²) >= 11 is 1.48. The lowest BCUT2D eigenvalue weighted by molar-refractivity contribution is -0.683. The molecule has 6 heteroatoms. The molecule has 2 aromatic carbocycles. The Morgan fingerprint density at radius 2 is 2.08 bits per heavy atom. The van der Waals surface area contributed by atoms with Crippen LogP contribution in [0.2, 0.25) is 0 Å². The van der Waals surface area contributed by atoms with Crippen molar-refractivity contribution in [1.82, 2.24) is 4.98 Å². The van der Waals surface area contributed by atoms with E-state index in [0.717, 1.165) is 33.2 Å². The molecule has 0 bridgehead atoms. The van der Waals surface area contributed by atoms with Gasteiger partial charge in [-0.3, -0.25) is 4.79 Å². The van der Waals surface area contributed by atoms with Crippen LogP contribution in [0.4, 0.5) is 5.69 Å². The maximum Gasteiger partial charge on any atom is 0.317 e. The standard InChI is InChI=1S/C18H19N3O2S/c1-12-10-13(23-3)8-9-14(12)19-17(22)11-24-18-20-15-6-4-5-7-16(15)21(18)2/h4-10H,11H2,1-3H3,(H,19,22)/p+1. The summed E-state index contributed by atoms with van der Waals surface area (Å²) in [7, 11) is 3.62. The number of fused-ring (bicyclic) bond motifs is 1. The Hall–Kier alpha value is -2.47. The van der Waals surface area contributed by atoms with E-state index in [1.807, 2.05) is 50.4 Å². The van der Waals surface area contributed by atoms with E-state index >= 15 is 0 Å². The highest BCUT2D eigenvalue weighted by atomic mass is 32.2. The summed E-state index contributed by atoms with van der Waals surface area (Å²) in [5.74, 6) is 1.09. The summed E-state index contributed by atoms with van der Waals surface area (Å²) in [4.78, 5) is 15.6. The smallest absolute Gasteiger partial charge is 0.317 e. The minimum absolute atomic E-state index is 0.0353. The number of anilines is 1. The van der Waals surface area contributed by atoms with Crippen LogP contribution < -0.4 is 14.6 Å². The molecule has 0 spiro atoms. The number of carbonyl (C=O) groups excluding carboxylic acids is 1. The van der Waals surface area contributed by atoms with Crippen molar-refractivity contribution >= 4 is 34.4 Å². The number of methoxy groups -OCH3 is 1. The van der Waals surface area contributed by atoms with Gasteiger partial charge in [0, 0.05) is 5.69 Å². The molecule has 124 valence electrons. The minimum atomic E-state index is -0.0353. The largest absolute Gasteiger partial charge is 0.497 e. The fourth-order valence-corrected chi connectivity index (χ4v) is 3.35. The van der Waals surface area contributed by atoms with Crippen molar-refractivity contribution in [3.8, 4) is 5.75 Å². The van der Waals surface area contributed by atoms with E-state index in [1.54, 1.807) is 7.11 Å². The van der Waals surface area contributed by atoms with Crippen molar-refractivity contribution in [2.75, 3.05) is 18.2 Å². The number of rotatable bonds is 5. The maximum atomic E-state index is 12.2. The van der Waals surface area contributed by atoms with Crippen molar-refractivity contribution in [2.24, 2.45) is 7.05 Å². The van der Waals surface area contributed by atoms with Gasteiger partial charge in [0.05, 0.1) is 19.9 Å². The van der Waals surface area contributed by atoms with Gasteiger partial charge in [-0.25, -0.2) is 9.55 Å². The molecule has 0 atom stereocenters. The number of H-pyrrole nitrogens is 1. The van der Waals surface area contributed by atoms with E-state index in [2.05, 4.69) is 20.9 Å². The average molecular weight is 342 g/mol. The normalized spacial score (nSPS) is 10.8. The summed E-state index contributed by atoms with van der Waals surface area (Å²) < 4.78 is 7.24. The SMILES string of the molecule is COc1ccc(NC(=O)CSc2[nH]c3ccccc3[n+]2C)c(C)c1. The van der Waals surface area contributed by atoms with Crippen molar-refractivity contribution in [3.63, 3.8) is 0 Å². The number of aromatic nitrogens is 2. The summed E-state index contributed by atoms with van der Waals surface area (Å²) in [6.45, 7) is 1.95. The molecule has 1 amide bonds. The summed E-state index contributed by atoms with van der Waals surface area (Å²) in [5.41, 5.74) is 3.96. The number of carbonyl (C=O) groups is 1. The molecule has 3 aromatic rings. The summed E-state index contributed by atoms with van der Waals surface area (Å²) in [6, 6.07) is 13.7.